The zero-order valence-electron chi connectivity index (χ0n) is 19.1. The number of hydrogen-bond acceptors (Lipinski definition) is 7. The third-order valence-corrected chi connectivity index (χ3v) is 6.39. The van der Waals surface area contributed by atoms with Crippen LogP contribution in [0.1, 0.15) is 23.6 Å². The number of hydrogen-bond donors (Lipinski definition) is 2. The van der Waals surface area contributed by atoms with E-state index in [1.54, 1.807) is 30.3 Å². The summed E-state index contributed by atoms with van der Waals surface area (Å²) in [6, 6.07) is 16.1. The van der Waals surface area contributed by atoms with Gasteiger partial charge >= 0.3 is 0 Å². The molecule has 0 amide bonds. The second kappa shape index (κ2) is 12.0. The second-order valence-electron chi connectivity index (χ2n) is 7.65. The number of non-ortho nitro benzene ring substituents is 1. The Labute approximate surface area is 209 Å². The summed E-state index contributed by atoms with van der Waals surface area (Å²) >= 11 is 6.48. The van der Waals surface area contributed by atoms with Crippen LogP contribution in [0.2, 0.25) is 5.02 Å². The van der Waals surface area contributed by atoms with E-state index in [0.29, 0.717) is 42.6 Å². The van der Waals surface area contributed by atoms with Crippen molar-refractivity contribution < 1.29 is 22.8 Å². The van der Waals surface area contributed by atoms with E-state index in [1.165, 1.54) is 24.3 Å². The van der Waals surface area contributed by atoms with E-state index in [1.807, 2.05) is 13.0 Å². The zero-order valence-corrected chi connectivity index (χ0v) is 20.6. The number of nitro benzene ring substituents is 1. The number of ether oxygens (including phenoxy) is 2. The lowest BCUT2D eigenvalue weighted by molar-refractivity contribution is -0.384. The van der Waals surface area contributed by atoms with Crippen LogP contribution in [0.5, 0.6) is 11.5 Å². The molecule has 9 nitrogen and oxygen atoms in total. The molecular weight excluding hydrogens is 494 g/mol. The Balaban J connectivity index is 1.59. The predicted octanol–water partition coefficient (Wildman–Crippen LogP) is 4.21. The molecule has 3 rings (SSSR count). The van der Waals surface area contributed by atoms with Crippen LogP contribution >= 0.6 is 11.6 Å². The van der Waals surface area contributed by atoms with Gasteiger partial charge in [-0.2, -0.15) is 0 Å². The van der Waals surface area contributed by atoms with Crippen LogP contribution in [0, 0.1) is 10.1 Å². The summed E-state index contributed by atoms with van der Waals surface area (Å²) in [7, 11) is -3.70. The molecule has 0 aliphatic carbocycles. The van der Waals surface area contributed by atoms with Gasteiger partial charge in [-0.3, -0.25) is 10.1 Å². The highest BCUT2D eigenvalue weighted by Crippen LogP contribution is 2.34. The van der Waals surface area contributed by atoms with Gasteiger partial charge in [0.1, 0.15) is 6.61 Å². The highest BCUT2D eigenvalue weighted by atomic mass is 35.5. The van der Waals surface area contributed by atoms with Crippen molar-refractivity contribution in [3.8, 4) is 11.5 Å². The van der Waals surface area contributed by atoms with Gasteiger partial charge < -0.3 is 14.8 Å². The van der Waals surface area contributed by atoms with E-state index < -0.39 is 14.9 Å². The van der Waals surface area contributed by atoms with Crippen molar-refractivity contribution in [3.63, 3.8) is 0 Å². The maximum absolute atomic E-state index is 11.4. The predicted molar refractivity (Wildman–Crippen MR) is 133 cm³/mol. The van der Waals surface area contributed by atoms with Gasteiger partial charge in [0.2, 0.25) is 10.0 Å². The summed E-state index contributed by atoms with van der Waals surface area (Å²) in [5, 5.41) is 19.8. The number of primary sulfonamides is 1. The molecule has 0 fully saturated rings. The highest BCUT2D eigenvalue weighted by molar-refractivity contribution is 7.89. The summed E-state index contributed by atoms with van der Waals surface area (Å²) in [5.41, 5.74) is 2.60. The molecule has 0 saturated heterocycles. The Kier molecular flexibility index (Phi) is 9.05. The standard InChI is InChI=1S/C24H26ClN3O6S/c1-2-33-23-13-19(15-27-12-11-17-5-9-21(10-6-17)35(26,31)32)22(25)14-24(23)34-16-18-3-7-20(8-4-18)28(29)30/h3-10,13-14,27H,2,11-12,15-16H2,1H3,(H2,26,31,32). The number of nitrogens with one attached hydrogen (secondary N) is 1. The molecule has 3 aromatic carbocycles. The summed E-state index contributed by atoms with van der Waals surface area (Å²) in [5.74, 6) is 1.03. The van der Waals surface area contributed by atoms with Crippen LogP contribution in [0.25, 0.3) is 0 Å². The first kappa shape index (κ1) is 26.4. The van der Waals surface area contributed by atoms with Gasteiger partial charge in [-0.1, -0.05) is 23.7 Å². The minimum Gasteiger partial charge on any atom is -0.490 e. The number of nitro groups is 1. The Bertz CT molecular complexity index is 1270. The summed E-state index contributed by atoms with van der Waals surface area (Å²) in [6.45, 7) is 3.66. The molecule has 0 aliphatic heterocycles. The number of sulfonamides is 1. The monoisotopic (exact) mass is 519 g/mol. The van der Waals surface area contributed by atoms with Gasteiger partial charge in [-0.05, 0) is 66.9 Å². The van der Waals surface area contributed by atoms with E-state index in [4.69, 9.17) is 26.2 Å². The lowest BCUT2D eigenvalue weighted by Crippen LogP contribution is -2.17. The van der Waals surface area contributed by atoms with Crippen LogP contribution < -0.4 is 19.9 Å². The van der Waals surface area contributed by atoms with Crippen LogP contribution in [0.3, 0.4) is 0 Å². The summed E-state index contributed by atoms with van der Waals surface area (Å²) in [6.07, 6.45) is 0.692. The molecule has 0 aromatic heterocycles. The van der Waals surface area contributed by atoms with Gasteiger partial charge in [0.15, 0.2) is 11.5 Å². The fourth-order valence-electron chi connectivity index (χ4n) is 3.27. The van der Waals surface area contributed by atoms with Crippen LogP contribution in [0.4, 0.5) is 5.69 Å². The van der Waals surface area contributed by atoms with E-state index >= 15 is 0 Å². The largest absolute Gasteiger partial charge is 0.490 e. The fourth-order valence-corrected chi connectivity index (χ4v) is 4.01. The van der Waals surface area contributed by atoms with E-state index in [2.05, 4.69) is 5.32 Å². The molecule has 3 N–H and O–H groups in total. The Morgan fingerprint density at radius 3 is 2.23 bits per heavy atom. The third kappa shape index (κ3) is 7.66. The van der Waals surface area contributed by atoms with Gasteiger partial charge in [0.05, 0.1) is 16.4 Å². The molecule has 0 atom stereocenters. The molecule has 3 aromatic rings. The minimum absolute atomic E-state index is 0.0178. The molecular formula is C24H26ClN3O6S. The molecule has 0 aliphatic rings. The Morgan fingerprint density at radius 2 is 1.63 bits per heavy atom. The third-order valence-electron chi connectivity index (χ3n) is 5.11. The Morgan fingerprint density at radius 1 is 1.00 bits per heavy atom. The molecule has 11 heteroatoms. The summed E-state index contributed by atoms with van der Waals surface area (Å²) < 4.78 is 34.3. The number of halogens is 1. The van der Waals surface area contributed by atoms with Gasteiger partial charge in [0, 0.05) is 29.8 Å². The topological polar surface area (TPSA) is 134 Å². The van der Waals surface area contributed by atoms with E-state index in [9.17, 15) is 18.5 Å². The van der Waals surface area contributed by atoms with Gasteiger partial charge in [0.25, 0.3) is 5.69 Å². The molecule has 0 unspecified atom stereocenters. The Hall–Kier alpha value is -3.18. The second-order valence-corrected chi connectivity index (χ2v) is 9.62. The number of nitrogens with zero attached hydrogens (tertiary/aromatic N) is 1. The smallest absolute Gasteiger partial charge is 0.269 e. The SMILES string of the molecule is CCOc1cc(CNCCc2ccc(S(N)(=O)=O)cc2)c(Cl)cc1OCc1ccc([N+](=O)[O-])cc1. The molecule has 35 heavy (non-hydrogen) atoms. The zero-order chi connectivity index (χ0) is 25.4. The number of rotatable bonds is 12. The average molecular weight is 520 g/mol. The quantitative estimate of drug-likeness (QED) is 0.208. The van der Waals surface area contributed by atoms with Gasteiger partial charge in [-0.25, -0.2) is 13.6 Å². The van der Waals surface area contributed by atoms with Crippen molar-refractivity contribution in [1.82, 2.24) is 5.32 Å². The van der Waals surface area contributed by atoms with E-state index in [0.717, 1.165) is 16.7 Å². The lowest BCUT2D eigenvalue weighted by atomic mass is 10.1. The van der Waals surface area contributed by atoms with Crippen molar-refractivity contribution >= 4 is 27.3 Å². The first-order chi connectivity index (χ1) is 16.7. The lowest BCUT2D eigenvalue weighted by Gasteiger charge is -2.15. The maximum Gasteiger partial charge on any atom is 0.269 e. The molecule has 186 valence electrons. The molecule has 0 bridgehead atoms. The minimum atomic E-state index is -3.70. The van der Waals surface area contributed by atoms with Crippen molar-refractivity contribution in [2.24, 2.45) is 5.14 Å². The van der Waals surface area contributed by atoms with Crippen LogP contribution in [0.15, 0.2) is 65.6 Å². The van der Waals surface area contributed by atoms with Crippen LogP contribution in [-0.2, 0) is 29.6 Å². The first-order valence-electron chi connectivity index (χ1n) is 10.8. The summed E-state index contributed by atoms with van der Waals surface area (Å²) in [4.78, 5) is 10.4. The molecule has 0 radical (unpaired) electrons. The highest BCUT2D eigenvalue weighted by Gasteiger charge is 2.13. The van der Waals surface area contributed by atoms with Crippen molar-refractivity contribution in [2.75, 3.05) is 13.2 Å². The average Bonchev–Trinajstić information content (AvgIpc) is 2.82. The van der Waals surface area contributed by atoms with Crippen molar-refractivity contribution in [1.29, 1.82) is 0 Å². The molecule has 0 saturated carbocycles. The number of benzene rings is 3. The molecule has 0 heterocycles. The van der Waals surface area contributed by atoms with Crippen molar-refractivity contribution in [3.05, 3.63) is 92.5 Å². The van der Waals surface area contributed by atoms with Crippen LogP contribution in [-0.4, -0.2) is 26.5 Å². The number of nitrogens with two attached hydrogens (primary N) is 1. The van der Waals surface area contributed by atoms with Crippen molar-refractivity contribution in [2.45, 2.75) is 31.4 Å². The normalized spacial score (nSPS) is 11.3. The maximum atomic E-state index is 11.4. The van der Waals surface area contributed by atoms with E-state index in [-0.39, 0.29) is 17.2 Å². The fraction of sp³-hybridized carbons (Fsp3) is 0.250. The molecule has 0 spiro atoms. The van der Waals surface area contributed by atoms with Gasteiger partial charge in [-0.15, -0.1) is 0 Å². The first-order valence-corrected chi connectivity index (χ1v) is 12.7.